The number of rotatable bonds is 4. The van der Waals surface area contributed by atoms with Crippen molar-refractivity contribution in [3.63, 3.8) is 0 Å². The molecule has 0 spiro atoms. The van der Waals surface area contributed by atoms with Gasteiger partial charge in [0, 0.05) is 6.20 Å². The van der Waals surface area contributed by atoms with E-state index in [2.05, 4.69) is 15.2 Å². The zero-order valence-corrected chi connectivity index (χ0v) is 11.6. The van der Waals surface area contributed by atoms with Gasteiger partial charge in [0.05, 0.1) is 11.1 Å². The van der Waals surface area contributed by atoms with Crippen molar-refractivity contribution < 1.29 is 23.1 Å². The molecule has 0 aliphatic carbocycles. The van der Waals surface area contributed by atoms with E-state index < -0.39 is 23.4 Å². The van der Waals surface area contributed by atoms with Crippen molar-refractivity contribution >= 4 is 28.6 Å². The van der Waals surface area contributed by atoms with Crippen LogP contribution in [-0.4, -0.2) is 22.1 Å². The molecule has 0 fully saturated rings. The topological polar surface area (TPSA) is 74.9 Å². The lowest BCUT2D eigenvalue weighted by atomic mass is 10.2. The highest BCUT2D eigenvalue weighted by atomic mass is 32.1. The Bertz CT molecular complexity index is 710. The lowest BCUT2D eigenvalue weighted by molar-refractivity contribution is -0.166. The van der Waals surface area contributed by atoms with Gasteiger partial charge in [-0.25, -0.2) is 0 Å². The fraction of sp³-hybridized carbons (Fsp3) is 0.0769. The molecule has 5 nitrogen and oxygen atoms in total. The number of carbonyl (C=O) groups is 1. The minimum atomic E-state index is -5.17. The molecule has 0 atom stereocenters. The van der Waals surface area contributed by atoms with E-state index >= 15 is 0 Å². The molecule has 0 saturated heterocycles. The number of hydrogen-bond acceptors (Lipinski definition) is 6. The number of Topliss-reactive ketones (excluding diaryl/α,β-unsaturated/α-hetero) is 1. The summed E-state index contributed by atoms with van der Waals surface area (Å²) >= 11 is 0.968. The standard InChI is InChI=1S/C13H8F3N3O2S/c14-13(15,16)12(21)10(11(20)9-4-2-6-22-9)19-18-8-3-1-5-17-7-8/h1-7,20H. The van der Waals surface area contributed by atoms with Gasteiger partial charge in [-0.3, -0.25) is 9.78 Å². The highest BCUT2D eigenvalue weighted by molar-refractivity contribution is 7.11. The molecule has 2 aromatic rings. The second-order valence-corrected chi connectivity index (χ2v) is 4.86. The average Bonchev–Trinajstić information content (AvgIpc) is 3.01. The molecule has 2 aromatic heterocycles. The van der Waals surface area contributed by atoms with Gasteiger partial charge in [0.15, 0.2) is 11.5 Å². The minimum Gasteiger partial charge on any atom is -0.504 e. The molecule has 2 rings (SSSR count). The summed E-state index contributed by atoms with van der Waals surface area (Å²) in [5.41, 5.74) is -1.02. The molecule has 0 aromatic carbocycles. The van der Waals surface area contributed by atoms with Gasteiger partial charge in [0.1, 0.15) is 5.69 Å². The average molecular weight is 327 g/mol. The monoisotopic (exact) mass is 327 g/mol. The van der Waals surface area contributed by atoms with Crippen molar-refractivity contribution in [3.8, 4) is 0 Å². The third kappa shape index (κ3) is 3.76. The quantitative estimate of drug-likeness (QED) is 0.517. The van der Waals surface area contributed by atoms with Crippen molar-refractivity contribution in [3.05, 3.63) is 52.6 Å². The maximum atomic E-state index is 12.6. The molecule has 0 saturated carbocycles. The summed E-state index contributed by atoms with van der Waals surface area (Å²) < 4.78 is 37.9. The molecule has 9 heteroatoms. The molecule has 0 aliphatic heterocycles. The second kappa shape index (κ2) is 6.48. The second-order valence-electron chi connectivity index (χ2n) is 3.91. The predicted octanol–water partition coefficient (Wildman–Crippen LogP) is 4.29. The van der Waals surface area contributed by atoms with Crippen LogP contribution in [0.25, 0.3) is 5.76 Å². The van der Waals surface area contributed by atoms with Crippen LogP contribution in [0.5, 0.6) is 0 Å². The third-order valence-corrected chi connectivity index (χ3v) is 3.24. The molecule has 0 radical (unpaired) electrons. The molecule has 22 heavy (non-hydrogen) atoms. The van der Waals surface area contributed by atoms with Gasteiger partial charge in [-0.05, 0) is 23.6 Å². The zero-order valence-electron chi connectivity index (χ0n) is 10.8. The van der Waals surface area contributed by atoms with Crippen molar-refractivity contribution in [2.45, 2.75) is 6.18 Å². The number of allylic oxidation sites excluding steroid dienone is 1. The number of pyridine rings is 1. The summed E-state index contributed by atoms with van der Waals surface area (Å²) in [4.78, 5) is 15.2. The van der Waals surface area contributed by atoms with E-state index in [4.69, 9.17) is 0 Å². The molecule has 1 N–H and O–H groups in total. The van der Waals surface area contributed by atoms with Gasteiger partial charge in [-0.1, -0.05) is 6.07 Å². The Kier molecular flexibility index (Phi) is 4.66. The largest absolute Gasteiger partial charge is 0.504 e. The van der Waals surface area contributed by atoms with Crippen LogP contribution in [0.3, 0.4) is 0 Å². The first kappa shape index (κ1) is 15.8. The third-order valence-electron chi connectivity index (χ3n) is 2.36. The molecular weight excluding hydrogens is 319 g/mol. The smallest absolute Gasteiger partial charge is 0.456 e. The summed E-state index contributed by atoms with van der Waals surface area (Å²) in [5.74, 6) is -3.14. The van der Waals surface area contributed by atoms with Gasteiger partial charge in [0.2, 0.25) is 0 Å². The van der Waals surface area contributed by atoms with Crippen molar-refractivity contribution in [1.82, 2.24) is 4.98 Å². The number of aliphatic hydroxyl groups is 1. The normalized spacial score (nSPS) is 13.2. The fourth-order valence-electron chi connectivity index (χ4n) is 1.39. The highest BCUT2D eigenvalue weighted by Crippen LogP contribution is 2.29. The molecule has 0 amide bonds. The van der Waals surface area contributed by atoms with Gasteiger partial charge in [-0.2, -0.15) is 13.2 Å². The number of azo groups is 1. The number of carbonyl (C=O) groups excluding carboxylic acids is 1. The van der Waals surface area contributed by atoms with E-state index in [1.807, 2.05) is 0 Å². The first-order valence-corrected chi connectivity index (χ1v) is 6.68. The summed E-state index contributed by atoms with van der Waals surface area (Å²) in [6.07, 6.45) is -2.48. The van der Waals surface area contributed by atoms with E-state index in [0.29, 0.717) is 0 Å². The van der Waals surface area contributed by atoms with Crippen LogP contribution in [0.15, 0.2) is 58.0 Å². The van der Waals surface area contributed by atoms with E-state index in [1.165, 1.54) is 36.7 Å². The predicted molar refractivity (Wildman–Crippen MR) is 73.7 cm³/mol. The molecule has 0 bridgehead atoms. The molecule has 0 aliphatic rings. The number of nitrogens with zero attached hydrogens (tertiary/aromatic N) is 3. The number of ketones is 1. The minimum absolute atomic E-state index is 0.0812. The Labute approximate surface area is 126 Å². The molecule has 0 unspecified atom stereocenters. The van der Waals surface area contributed by atoms with Crippen LogP contribution in [0, 0.1) is 0 Å². The number of aliphatic hydroxyl groups excluding tert-OH is 1. The first-order valence-electron chi connectivity index (χ1n) is 5.80. The summed E-state index contributed by atoms with van der Waals surface area (Å²) in [7, 11) is 0. The summed E-state index contributed by atoms with van der Waals surface area (Å²) in [6.45, 7) is 0. The van der Waals surface area contributed by atoms with Crippen LogP contribution < -0.4 is 0 Å². The highest BCUT2D eigenvalue weighted by Gasteiger charge is 2.43. The van der Waals surface area contributed by atoms with Crippen LogP contribution >= 0.6 is 11.3 Å². The van der Waals surface area contributed by atoms with E-state index in [0.717, 1.165) is 11.3 Å². The van der Waals surface area contributed by atoms with Gasteiger partial charge in [0.25, 0.3) is 5.78 Å². The number of thiophene rings is 1. The van der Waals surface area contributed by atoms with E-state index in [9.17, 15) is 23.1 Å². The number of aromatic nitrogens is 1. The fourth-order valence-corrected chi connectivity index (χ4v) is 2.05. The van der Waals surface area contributed by atoms with Crippen LogP contribution in [0.4, 0.5) is 18.9 Å². The Hall–Kier alpha value is -2.55. The maximum absolute atomic E-state index is 12.6. The van der Waals surface area contributed by atoms with Crippen molar-refractivity contribution in [2.24, 2.45) is 10.2 Å². The number of alkyl halides is 3. The number of halogens is 3. The van der Waals surface area contributed by atoms with Gasteiger partial charge >= 0.3 is 6.18 Å². The van der Waals surface area contributed by atoms with Gasteiger partial charge in [-0.15, -0.1) is 21.6 Å². The molecule has 2 heterocycles. The lowest BCUT2D eigenvalue weighted by Gasteiger charge is -2.06. The van der Waals surface area contributed by atoms with Crippen LogP contribution in [-0.2, 0) is 4.79 Å². The Morgan fingerprint density at radius 3 is 2.59 bits per heavy atom. The summed E-state index contributed by atoms with van der Waals surface area (Å²) in [5, 5.41) is 18.2. The van der Waals surface area contributed by atoms with E-state index in [-0.39, 0.29) is 10.6 Å². The molecular formula is C13H8F3N3O2S. The Morgan fingerprint density at radius 1 is 1.27 bits per heavy atom. The van der Waals surface area contributed by atoms with Crippen LogP contribution in [0.1, 0.15) is 4.88 Å². The lowest BCUT2D eigenvalue weighted by Crippen LogP contribution is -2.24. The van der Waals surface area contributed by atoms with E-state index in [1.54, 1.807) is 5.38 Å². The zero-order chi connectivity index (χ0) is 16.2. The van der Waals surface area contributed by atoms with Crippen molar-refractivity contribution in [2.75, 3.05) is 0 Å². The summed E-state index contributed by atoms with van der Waals surface area (Å²) in [6, 6.07) is 5.82. The SMILES string of the molecule is O=C(C(N=Nc1cccnc1)=C(O)c1cccs1)C(F)(F)F. The first-order chi connectivity index (χ1) is 10.4. The maximum Gasteiger partial charge on any atom is 0.456 e. The van der Waals surface area contributed by atoms with Crippen LogP contribution in [0.2, 0.25) is 0 Å². The number of hydrogen-bond donors (Lipinski definition) is 1. The van der Waals surface area contributed by atoms with Gasteiger partial charge < -0.3 is 5.11 Å². The van der Waals surface area contributed by atoms with Crippen molar-refractivity contribution in [1.29, 1.82) is 0 Å². The Balaban J connectivity index is 2.45. The molecule has 114 valence electrons. The Morgan fingerprint density at radius 2 is 2.05 bits per heavy atom.